The van der Waals surface area contributed by atoms with Gasteiger partial charge in [0.1, 0.15) is 0 Å². The second-order valence-corrected chi connectivity index (χ2v) is 21.5. The first-order chi connectivity index (χ1) is 15.1. The highest BCUT2D eigenvalue weighted by Crippen LogP contribution is 2.30. The van der Waals surface area contributed by atoms with E-state index in [1.54, 1.807) is 14.2 Å². The van der Waals surface area contributed by atoms with E-state index in [0.717, 1.165) is 49.9 Å². The van der Waals surface area contributed by atoms with Gasteiger partial charge in [-0.05, 0) is 76.0 Å². The zero-order valence-corrected chi connectivity index (χ0v) is 24.0. The largest absolute Gasteiger partial charge is 0.436 e. The van der Waals surface area contributed by atoms with Crippen molar-refractivity contribution in [2.75, 3.05) is 14.2 Å². The fourth-order valence-corrected chi connectivity index (χ4v) is 13.1. The van der Waals surface area contributed by atoms with Gasteiger partial charge in [-0.2, -0.15) is 21.0 Å². The van der Waals surface area contributed by atoms with E-state index in [1.807, 2.05) is 0 Å². The van der Waals surface area contributed by atoms with E-state index < -0.39 is 25.2 Å². The smallest absolute Gasteiger partial charge is 0.327 e. The maximum atomic E-state index is 8.74. The number of unbranched alkanes of at least 4 members (excludes halogenated alkanes) is 4. The third-order valence-corrected chi connectivity index (χ3v) is 16.1. The first-order valence-corrected chi connectivity index (χ1v) is 19.8. The molecule has 0 rings (SSSR count). The molecule has 0 fully saturated rings. The standard InChI is InChI=1S/C15H27N3O2Si2.C7H15NOSi/c1-19-22(14-8-5-11-17,15-9-6-12-18)20-21(2,3)13-7-4-10-16;1-9-10(2,3)7-5-4-6-8/h4-9,13-15H2,1-3H3;4-5,7H2,1-3H3. The summed E-state index contributed by atoms with van der Waals surface area (Å²) >= 11 is 0. The molecule has 0 radical (unpaired) electrons. The summed E-state index contributed by atoms with van der Waals surface area (Å²) < 4.78 is 17.7. The Morgan fingerprint density at radius 3 is 1.19 bits per heavy atom. The minimum Gasteiger partial charge on any atom is -0.436 e. The predicted molar refractivity (Wildman–Crippen MR) is 134 cm³/mol. The second-order valence-electron chi connectivity index (χ2n) is 8.99. The van der Waals surface area contributed by atoms with Gasteiger partial charge in [0.2, 0.25) is 0 Å². The molecule has 0 spiro atoms. The molecule has 0 N–H and O–H groups in total. The molecular weight excluding hydrogens is 453 g/mol. The van der Waals surface area contributed by atoms with Gasteiger partial charge in [0, 0.05) is 39.9 Å². The number of nitriles is 4. The van der Waals surface area contributed by atoms with Crippen LogP contribution in [0, 0.1) is 45.3 Å². The van der Waals surface area contributed by atoms with Gasteiger partial charge in [-0.15, -0.1) is 0 Å². The second kappa shape index (κ2) is 19.0. The van der Waals surface area contributed by atoms with Gasteiger partial charge in [-0.1, -0.05) is 0 Å². The van der Waals surface area contributed by atoms with E-state index >= 15 is 0 Å². The zero-order chi connectivity index (χ0) is 24.9. The summed E-state index contributed by atoms with van der Waals surface area (Å²) in [6, 6.07) is 12.3. The Balaban J connectivity index is 0. The normalized spacial score (nSPS) is 11.3. The van der Waals surface area contributed by atoms with Gasteiger partial charge < -0.3 is 13.0 Å². The first kappa shape index (κ1) is 32.7. The third-order valence-electron chi connectivity index (χ3n) is 5.21. The Hall–Kier alpha value is -1.51. The lowest BCUT2D eigenvalue weighted by Crippen LogP contribution is -2.50. The molecule has 0 amide bonds. The van der Waals surface area contributed by atoms with Crippen LogP contribution in [0.1, 0.15) is 51.4 Å². The lowest BCUT2D eigenvalue weighted by molar-refractivity contribution is 0.289. The Bertz CT molecular complexity index is 641. The van der Waals surface area contributed by atoms with Crippen molar-refractivity contribution in [2.24, 2.45) is 0 Å². The van der Waals surface area contributed by atoms with Gasteiger partial charge in [0.15, 0.2) is 16.6 Å². The molecule has 0 heterocycles. The Kier molecular flexibility index (Phi) is 19.4. The predicted octanol–water partition coefficient (Wildman–Crippen LogP) is 6.35. The Morgan fingerprint density at radius 1 is 0.531 bits per heavy atom. The number of rotatable bonds is 16. The van der Waals surface area contributed by atoms with Crippen molar-refractivity contribution in [3.05, 3.63) is 0 Å². The monoisotopic (exact) mass is 494 g/mol. The maximum Gasteiger partial charge on any atom is 0.327 e. The van der Waals surface area contributed by atoms with Crippen molar-refractivity contribution >= 4 is 25.2 Å². The summed E-state index contributed by atoms with van der Waals surface area (Å²) in [5, 5.41) is 34.4. The van der Waals surface area contributed by atoms with E-state index in [2.05, 4.69) is 50.5 Å². The van der Waals surface area contributed by atoms with Crippen molar-refractivity contribution in [2.45, 2.75) is 102 Å². The molecular formula is C22H42N4O3Si3. The summed E-state index contributed by atoms with van der Waals surface area (Å²) in [5.74, 6) is 0. The van der Waals surface area contributed by atoms with Crippen LogP contribution >= 0.6 is 0 Å². The van der Waals surface area contributed by atoms with Crippen molar-refractivity contribution in [3.8, 4) is 24.3 Å². The molecule has 0 saturated carbocycles. The molecule has 0 saturated heterocycles. The quantitative estimate of drug-likeness (QED) is 0.181. The molecule has 7 nitrogen and oxygen atoms in total. The molecule has 0 aromatic carbocycles. The average Bonchev–Trinajstić information content (AvgIpc) is 2.74. The SMILES string of the molecule is CO[Si](C)(C)CCCC#N.CO[Si](CCCC#N)(CCCC#N)O[Si](C)(C)CCCC#N. The molecule has 32 heavy (non-hydrogen) atoms. The lowest BCUT2D eigenvalue weighted by atomic mass is 10.4. The van der Waals surface area contributed by atoms with E-state index in [0.29, 0.717) is 25.7 Å². The minimum absolute atomic E-state index is 0.510. The maximum absolute atomic E-state index is 8.74. The summed E-state index contributed by atoms with van der Waals surface area (Å²) in [6.45, 7) is 8.67. The third kappa shape index (κ3) is 18.1. The number of hydrogen-bond donors (Lipinski definition) is 0. The van der Waals surface area contributed by atoms with E-state index in [4.69, 9.17) is 34.0 Å². The van der Waals surface area contributed by atoms with Crippen molar-refractivity contribution in [1.82, 2.24) is 0 Å². The van der Waals surface area contributed by atoms with Crippen molar-refractivity contribution < 1.29 is 13.0 Å². The van der Waals surface area contributed by atoms with Crippen LogP contribution in [-0.2, 0) is 13.0 Å². The highest BCUT2D eigenvalue weighted by Gasteiger charge is 2.41. The Labute approximate surface area is 199 Å². The van der Waals surface area contributed by atoms with Gasteiger partial charge in [0.05, 0.1) is 24.3 Å². The number of nitrogens with zero attached hydrogens (tertiary/aromatic N) is 4. The van der Waals surface area contributed by atoms with Crippen LogP contribution in [0.25, 0.3) is 0 Å². The van der Waals surface area contributed by atoms with E-state index in [1.165, 1.54) is 0 Å². The van der Waals surface area contributed by atoms with Crippen molar-refractivity contribution in [3.63, 3.8) is 0 Å². The van der Waals surface area contributed by atoms with Gasteiger partial charge >= 0.3 is 8.56 Å². The van der Waals surface area contributed by atoms with Crippen molar-refractivity contribution in [1.29, 1.82) is 21.0 Å². The fraction of sp³-hybridized carbons (Fsp3) is 0.818. The lowest BCUT2D eigenvalue weighted by Gasteiger charge is -2.37. The van der Waals surface area contributed by atoms with Gasteiger partial charge in [0.25, 0.3) is 0 Å². The highest BCUT2D eigenvalue weighted by atomic mass is 28.4. The van der Waals surface area contributed by atoms with Crippen LogP contribution in [0.4, 0.5) is 0 Å². The van der Waals surface area contributed by atoms with Crippen LogP contribution in [0.2, 0.25) is 50.4 Å². The molecule has 0 aromatic heterocycles. The molecule has 0 aliphatic carbocycles. The summed E-state index contributed by atoms with van der Waals surface area (Å²) in [7, 11) is -2.16. The molecule has 10 heteroatoms. The molecule has 0 aliphatic rings. The average molecular weight is 495 g/mol. The minimum atomic E-state index is -2.36. The summed E-state index contributed by atoms with van der Waals surface area (Å²) in [5.41, 5.74) is 0. The molecule has 0 atom stereocenters. The molecule has 180 valence electrons. The first-order valence-electron chi connectivity index (χ1n) is 11.4. The zero-order valence-electron chi connectivity index (χ0n) is 21.0. The molecule has 0 aromatic rings. The van der Waals surface area contributed by atoms with Gasteiger partial charge in [-0.25, -0.2) is 0 Å². The van der Waals surface area contributed by atoms with Crippen LogP contribution in [-0.4, -0.2) is 39.4 Å². The number of hydrogen-bond acceptors (Lipinski definition) is 7. The van der Waals surface area contributed by atoms with Crippen LogP contribution in [0.5, 0.6) is 0 Å². The Morgan fingerprint density at radius 2 is 0.875 bits per heavy atom. The van der Waals surface area contributed by atoms with Gasteiger partial charge in [-0.3, -0.25) is 0 Å². The van der Waals surface area contributed by atoms with Crippen LogP contribution in [0.15, 0.2) is 0 Å². The molecule has 0 unspecified atom stereocenters. The highest BCUT2D eigenvalue weighted by molar-refractivity contribution is 6.83. The van der Waals surface area contributed by atoms with Crippen LogP contribution in [0.3, 0.4) is 0 Å². The van der Waals surface area contributed by atoms with Crippen LogP contribution < -0.4 is 0 Å². The van der Waals surface area contributed by atoms with E-state index in [-0.39, 0.29) is 0 Å². The van der Waals surface area contributed by atoms with E-state index in [9.17, 15) is 0 Å². The summed E-state index contributed by atoms with van der Waals surface area (Å²) in [4.78, 5) is 0. The topological polar surface area (TPSA) is 123 Å². The molecule has 0 aliphatic heterocycles. The summed E-state index contributed by atoms with van der Waals surface area (Å²) in [6.07, 6.45) is 5.66. The fourth-order valence-electron chi connectivity index (χ4n) is 3.19. The molecule has 0 bridgehead atoms.